The zero-order valence-electron chi connectivity index (χ0n) is 11.1. The Kier molecular flexibility index (Phi) is 5.17. The Morgan fingerprint density at radius 1 is 1.24 bits per heavy atom. The number of carbonyl (C=O) groups is 1. The molecule has 0 amide bonds. The van der Waals surface area contributed by atoms with Crippen LogP contribution in [-0.4, -0.2) is 5.78 Å². The molecule has 0 radical (unpaired) electrons. The molecule has 0 saturated heterocycles. The number of halogens is 1. The minimum Gasteiger partial charge on any atom is -0.294 e. The molecule has 0 N–H and O–H groups in total. The smallest absolute Gasteiger partial charge is 0.163 e. The van der Waals surface area contributed by atoms with Crippen LogP contribution >= 0.6 is 22.6 Å². The summed E-state index contributed by atoms with van der Waals surface area (Å²) in [6, 6.07) is 7.83. The van der Waals surface area contributed by atoms with E-state index in [-0.39, 0.29) is 5.78 Å². The summed E-state index contributed by atoms with van der Waals surface area (Å²) in [5, 5.41) is 0. The molecular weight excluding hydrogens is 323 g/mol. The number of benzene rings is 1. The molecule has 1 aromatic carbocycles. The van der Waals surface area contributed by atoms with E-state index in [9.17, 15) is 4.79 Å². The van der Waals surface area contributed by atoms with Crippen LogP contribution in [0.1, 0.15) is 50.9 Å². The third-order valence-corrected chi connectivity index (χ3v) is 3.38. The second-order valence-electron chi connectivity index (χ2n) is 6.00. The Morgan fingerprint density at radius 3 is 2.24 bits per heavy atom. The fourth-order valence-corrected chi connectivity index (χ4v) is 2.55. The number of hydrogen-bond donors (Lipinski definition) is 0. The summed E-state index contributed by atoms with van der Waals surface area (Å²) < 4.78 is 1.17. The second-order valence-corrected chi connectivity index (χ2v) is 7.25. The lowest BCUT2D eigenvalue weighted by atomic mass is 9.83. The molecule has 1 rings (SSSR count). The first-order valence-electron chi connectivity index (χ1n) is 6.07. The second kappa shape index (κ2) is 5.98. The fourth-order valence-electron chi connectivity index (χ4n) is 2.19. The zero-order valence-corrected chi connectivity index (χ0v) is 13.2. The van der Waals surface area contributed by atoms with Gasteiger partial charge in [0, 0.05) is 15.6 Å². The first-order valence-corrected chi connectivity index (χ1v) is 7.14. The zero-order chi connectivity index (χ0) is 13.1. The quantitative estimate of drug-likeness (QED) is 0.559. The van der Waals surface area contributed by atoms with Gasteiger partial charge in [0.05, 0.1) is 0 Å². The summed E-state index contributed by atoms with van der Waals surface area (Å²) in [6.45, 7) is 8.83. The van der Waals surface area contributed by atoms with Crippen LogP contribution in [-0.2, 0) is 0 Å². The highest BCUT2D eigenvalue weighted by molar-refractivity contribution is 14.1. The SMILES string of the molecule is CC(CC(=O)c1ccc(I)cc1)CC(C)(C)C. The molecule has 0 aromatic heterocycles. The lowest BCUT2D eigenvalue weighted by Crippen LogP contribution is -2.14. The molecule has 1 atom stereocenters. The predicted molar refractivity (Wildman–Crippen MR) is 81.3 cm³/mol. The lowest BCUT2D eigenvalue weighted by molar-refractivity contribution is 0.0954. The highest BCUT2D eigenvalue weighted by atomic mass is 127. The van der Waals surface area contributed by atoms with Gasteiger partial charge < -0.3 is 0 Å². The van der Waals surface area contributed by atoms with E-state index in [0.717, 1.165) is 12.0 Å². The number of ketones is 1. The van der Waals surface area contributed by atoms with Crippen LogP contribution in [0.3, 0.4) is 0 Å². The summed E-state index contributed by atoms with van der Waals surface area (Å²) in [6.07, 6.45) is 1.74. The first kappa shape index (κ1) is 14.7. The Labute approximate surface area is 118 Å². The lowest BCUT2D eigenvalue weighted by Gasteiger charge is -2.22. The van der Waals surface area contributed by atoms with Crippen molar-refractivity contribution >= 4 is 28.4 Å². The first-order chi connectivity index (χ1) is 7.78. The normalized spacial score (nSPS) is 13.5. The van der Waals surface area contributed by atoms with Crippen molar-refractivity contribution in [3.8, 4) is 0 Å². The van der Waals surface area contributed by atoms with E-state index in [0.29, 0.717) is 17.8 Å². The third kappa shape index (κ3) is 5.66. The molecule has 0 spiro atoms. The minimum atomic E-state index is 0.262. The number of hydrogen-bond acceptors (Lipinski definition) is 1. The van der Waals surface area contributed by atoms with Crippen LogP contribution in [0.25, 0.3) is 0 Å². The summed E-state index contributed by atoms with van der Waals surface area (Å²) in [4.78, 5) is 12.0. The monoisotopic (exact) mass is 344 g/mol. The van der Waals surface area contributed by atoms with Gasteiger partial charge in [-0.1, -0.05) is 39.8 Å². The van der Waals surface area contributed by atoms with Crippen LogP contribution in [0, 0.1) is 14.9 Å². The van der Waals surface area contributed by atoms with Gasteiger partial charge in [0.2, 0.25) is 0 Å². The maximum absolute atomic E-state index is 12.0. The molecule has 0 heterocycles. The largest absolute Gasteiger partial charge is 0.294 e. The van der Waals surface area contributed by atoms with E-state index in [1.807, 2.05) is 24.3 Å². The van der Waals surface area contributed by atoms with Gasteiger partial charge in [-0.25, -0.2) is 0 Å². The van der Waals surface area contributed by atoms with Gasteiger partial charge in [-0.3, -0.25) is 4.79 Å². The van der Waals surface area contributed by atoms with Gasteiger partial charge >= 0.3 is 0 Å². The molecule has 94 valence electrons. The topological polar surface area (TPSA) is 17.1 Å². The van der Waals surface area contributed by atoms with Crippen LogP contribution < -0.4 is 0 Å². The molecule has 1 unspecified atom stereocenters. The van der Waals surface area contributed by atoms with Gasteiger partial charge in [-0.15, -0.1) is 0 Å². The molecule has 0 saturated carbocycles. The molecule has 2 heteroatoms. The van der Waals surface area contributed by atoms with Crippen LogP contribution in [0.4, 0.5) is 0 Å². The van der Waals surface area contributed by atoms with Crippen molar-refractivity contribution in [3.63, 3.8) is 0 Å². The number of rotatable bonds is 4. The maximum atomic E-state index is 12.0. The number of carbonyl (C=O) groups excluding carboxylic acids is 1. The van der Waals surface area contributed by atoms with Crippen molar-refractivity contribution < 1.29 is 4.79 Å². The van der Waals surface area contributed by atoms with E-state index >= 15 is 0 Å². The van der Waals surface area contributed by atoms with Gasteiger partial charge in [0.25, 0.3) is 0 Å². The molecule has 1 nitrogen and oxygen atoms in total. The van der Waals surface area contributed by atoms with Crippen molar-refractivity contribution in [1.29, 1.82) is 0 Å². The average Bonchev–Trinajstić information content (AvgIpc) is 2.15. The Morgan fingerprint density at radius 2 is 1.76 bits per heavy atom. The van der Waals surface area contributed by atoms with Crippen LogP contribution in [0.5, 0.6) is 0 Å². The molecule has 1 aromatic rings. The summed E-state index contributed by atoms with van der Waals surface area (Å²) in [7, 11) is 0. The van der Waals surface area contributed by atoms with Crippen LogP contribution in [0.15, 0.2) is 24.3 Å². The third-order valence-electron chi connectivity index (χ3n) is 2.66. The fraction of sp³-hybridized carbons (Fsp3) is 0.533. The molecule has 0 fully saturated rings. The summed E-state index contributed by atoms with van der Waals surface area (Å²) in [5.41, 5.74) is 1.14. The summed E-state index contributed by atoms with van der Waals surface area (Å²) in [5.74, 6) is 0.708. The maximum Gasteiger partial charge on any atom is 0.163 e. The molecular formula is C15H21IO. The van der Waals surface area contributed by atoms with Crippen molar-refractivity contribution in [2.24, 2.45) is 11.3 Å². The summed E-state index contributed by atoms with van der Waals surface area (Å²) >= 11 is 2.25. The van der Waals surface area contributed by atoms with Crippen molar-refractivity contribution in [2.75, 3.05) is 0 Å². The van der Waals surface area contributed by atoms with Gasteiger partial charge in [0.15, 0.2) is 5.78 Å². The van der Waals surface area contributed by atoms with Gasteiger partial charge in [0.1, 0.15) is 0 Å². The van der Waals surface area contributed by atoms with E-state index in [4.69, 9.17) is 0 Å². The molecule has 0 aliphatic rings. The minimum absolute atomic E-state index is 0.262. The predicted octanol–water partition coefficient (Wildman–Crippen LogP) is 4.94. The van der Waals surface area contributed by atoms with Crippen LogP contribution in [0.2, 0.25) is 0 Å². The van der Waals surface area contributed by atoms with E-state index < -0.39 is 0 Å². The standard InChI is InChI=1S/C15H21IO/c1-11(10-15(2,3)4)9-14(17)12-5-7-13(16)8-6-12/h5-8,11H,9-10H2,1-4H3. The van der Waals surface area contributed by atoms with Gasteiger partial charge in [-0.2, -0.15) is 0 Å². The van der Waals surface area contributed by atoms with Crippen molar-refractivity contribution in [2.45, 2.75) is 40.5 Å². The van der Waals surface area contributed by atoms with Crippen molar-refractivity contribution in [3.05, 3.63) is 33.4 Å². The highest BCUT2D eigenvalue weighted by Crippen LogP contribution is 2.26. The van der Waals surface area contributed by atoms with E-state index in [1.165, 1.54) is 3.57 Å². The Balaban J connectivity index is 2.57. The Bertz CT molecular complexity index is 373. The average molecular weight is 344 g/mol. The van der Waals surface area contributed by atoms with Crippen molar-refractivity contribution in [1.82, 2.24) is 0 Å². The molecule has 0 aliphatic carbocycles. The Hall–Kier alpha value is -0.380. The van der Waals surface area contributed by atoms with Gasteiger partial charge in [-0.05, 0) is 52.5 Å². The molecule has 17 heavy (non-hydrogen) atoms. The molecule has 0 bridgehead atoms. The highest BCUT2D eigenvalue weighted by Gasteiger charge is 2.18. The van der Waals surface area contributed by atoms with E-state index in [2.05, 4.69) is 50.3 Å². The van der Waals surface area contributed by atoms with E-state index in [1.54, 1.807) is 0 Å². The molecule has 0 aliphatic heterocycles. The number of Topliss-reactive ketones (excluding diaryl/α,β-unsaturated/α-hetero) is 1.